The number of esters is 1. The Balaban J connectivity index is 1.97. The summed E-state index contributed by atoms with van der Waals surface area (Å²) < 4.78 is 5.25. The molecule has 0 aromatic heterocycles. The molecule has 1 aliphatic heterocycles. The van der Waals surface area contributed by atoms with Gasteiger partial charge < -0.3 is 14.7 Å². The first-order chi connectivity index (χ1) is 10.5. The number of hydrogen-bond acceptors (Lipinski definition) is 4. The monoisotopic (exact) mass is 305 g/mol. The van der Waals surface area contributed by atoms with Gasteiger partial charge in [0.25, 0.3) is 5.91 Å². The van der Waals surface area contributed by atoms with E-state index in [1.807, 2.05) is 0 Å². The molecular weight excluding hydrogens is 282 g/mol. The molecule has 0 radical (unpaired) electrons. The predicted molar refractivity (Wildman–Crippen MR) is 82.8 cm³/mol. The van der Waals surface area contributed by atoms with Crippen LogP contribution in [0.4, 0.5) is 0 Å². The van der Waals surface area contributed by atoms with Gasteiger partial charge in [-0.15, -0.1) is 0 Å². The van der Waals surface area contributed by atoms with Gasteiger partial charge in [-0.2, -0.15) is 0 Å². The van der Waals surface area contributed by atoms with Gasteiger partial charge in [0, 0.05) is 13.1 Å². The minimum absolute atomic E-state index is 0.0425. The third-order valence-electron chi connectivity index (χ3n) is 3.99. The maximum Gasteiger partial charge on any atom is 0.339 e. The van der Waals surface area contributed by atoms with Crippen LogP contribution in [0, 0.1) is 6.92 Å². The van der Waals surface area contributed by atoms with Gasteiger partial charge in [0.15, 0.2) is 6.10 Å². The number of benzene rings is 1. The van der Waals surface area contributed by atoms with Crippen molar-refractivity contribution in [3.8, 4) is 5.75 Å². The number of nitrogens with zero attached hydrogens (tertiary/aromatic N) is 1. The van der Waals surface area contributed by atoms with Crippen LogP contribution in [0.3, 0.4) is 0 Å². The number of carbonyl (C=O) groups excluding carboxylic acids is 2. The van der Waals surface area contributed by atoms with E-state index in [-0.39, 0.29) is 17.2 Å². The zero-order chi connectivity index (χ0) is 16.1. The molecule has 1 aromatic carbocycles. The molecule has 1 fully saturated rings. The zero-order valence-corrected chi connectivity index (χ0v) is 13.2. The Bertz CT molecular complexity index is 548. The topological polar surface area (TPSA) is 66.8 Å². The Kier molecular flexibility index (Phi) is 5.41. The highest BCUT2D eigenvalue weighted by molar-refractivity contribution is 5.92. The fourth-order valence-electron chi connectivity index (χ4n) is 2.56. The maximum atomic E-state index is 12.3. The van der Waals surface area contributed by atoms with Gasteiger partial charge in [0.1, 0.15) is 5.75 Å². The van der Waals surface area contributed by atoms with Crippen molar-refractivity contribution in [2.75, 3.05) is 13.1 Å². The first-order valence-corrected chi connectivity index (χ1v) is 7.78. The Morgan fingerprint density at radius 1 is 1.18 bits per heavy atom. The van der Waals surface area contributed by atoms with Crippen molar-refractivity contribution in [3.63, 3.8) is 0 Å². The summed E-state index contributed by atoms with van der Waals surface area (Å²) in [5.41, 5.74) is 0.934. The molecule has 1 atom stereocenters. The molecule has 0 aliphatic carbocycles. The second kappa shape index (κ2) is 7.29. The number of aryl methyl sites for hydroxylation is 1. The molecule has 1 amide bonds. The van der Waals surface area contributed by atoms with Crippen LogP contribution in [0.25, 0.3) is 0 Å². The molecule has 1 N–H and O–H groups in total. The molecule has 1 aliphatic rings. The lowest BCUT2D eigenvalue weighted by atomic mass is 10.1. The Hall–Kier alpha value is -2.04. The molecule has 1 unspecified atom stereocenters. The lowest BCUT2D eigenvalue weighted by molar-refractivity contribution is -0.139. The number of phenolic OH excluding ortho intramolecular Hbond substituents is 1. The van der Waals surface area contributed by atoms with Crippen molar-refractivity contribution in [1.82, 2.24) is 4.90 Å². The largest absolute Gasteiger partial charge is 0.508 e. The molecule has 1 saturated heterocycles. The Morgan fingerprint density at radius 2 is 1.82 bits per heavy atom. The molecule has 0 saturated carbocycles. The van der Waals surface area contributed by atoms with Crippen LogP contribution in [0.1, 0.15) is 48.5 Å². The summed E-state index contributed by atoms with van der Waals surface area (Å²) in [6, 6.07) is 4.59. The summed E-state index contributed by atoms with van der Waals surface area (Å²) >= 11 is 0. The summed E-state index contributed by atoms with van der Waals surface area (Å²) in [7, 11) is 0. The zero-order valence-electron chi connectivity index (χ0n) is 13.2. The number of carbonyl (C=O) groups is 2. The molecule has 2 rings (SSSR count). The molecule has 5 heteroatoms. The number of aromatic hydroxyl groups is 1. The normalized spacial score (nSPS) is 16.7. The lowest BCUT2D eigenvalue weighted by Crippen LogP contribution is -2.40. The van der Waals surface area contributed by atoms with Crippen molar-refractivity contribution in [3.05, 3.63) is 29.3 Å². The van der Waals surface area contributed by atoms with E-state index in [9.17, 15) is 14.7 Å². The lowest BCUT2D eigenvalue weighted by Gasteiger charge is -2.24. The van der Waals surface area contributed by atoms with E-state index in [0.29, 0.717) is 5.56 Å². The van der Waals surface area contributed by atoms with Crippen molar-refractivity contribution in [2.45, 2.75) is 45.6 Å². The second-order valence-electron chi connectivity index (χ2n) is 5.79. The van der Waals surface area contributed by atoms with E-state index in [4.69, 9.17) is 4.74 Å². The number of phenols is 1. The third kappa shape index (κ3) is 4.00. The highest BCUT2D eigenvalue weighted by atomic mass is 16.5. The smallest absolute Gasteiger partial charge is 0.339 e. The third-order valence-corrected chi connectivity index (χ3v) is 3.99. The first kappa shape index (κ1) is 16.3. The molecular formula is C17H23NO4. The average molecular weight is 305 g/mol. The fourth-order valence-corrected chi connectivity index (χ4v) is 2.56. The summed E-state index contributed by atoms with van der Waals surface area (Å²) in [4.78, 5) is 26.2. The van der Waals surface area contributed by atoms with Gasteiger partial charge >= 0.3 is 5.97 Å². The van der Waals surface area contributed by atoms with Crippen LogP contribution in [-0.2, 0) is 9.53 Å². The fraction of sp³-hybridized carbons (Fsp3) is 0.529. The van der Waals surface area contributed by atoms with Crippen LogP contribution < -0.4 is 0 Å². The van der Waals surface area contributed by atoms with E-state index in [1.54, 1.807) is 30.9 Å². The summed E-state index contributed by atoms with van der Waals surface area (Å²) in [6.45, 7) is 4.80. The van der Waals surface area contributed by atoms with Crippen LogP contribution in [0.15, 0.2) is 18.2 Å². The van der Waals surface area contributed by atoms with Crippen molar-refractivity contribution < 1.29 is 19.4 Å². The molecule has 120 valence electrons. The standard InChI is InChI=1S/C17H23NO4/c1-12-7-8-14(11-15(12)19)17(21)22-13(2)16(20)18-9-5-3-4-6-10-18/h7-8,11,13,19H,3-6,9-10H2,1-2H3. The number of rotatable bonds is 3. The maximum absolute atomic E-state index is 12.3. The van der Waals surface area contributed by atoms with E-state index < -0.39 is 12.1 Å². The predicted octanol–water partition coefficient (Wildman–Crippen LogP) is 2.65. The van der Waals surface area contributed by atoms with Crippen molar-refractivity contribution in [2.24, 2.45) is 0 Å². The minimum Gasteiger partial charge on any atom is -0.508 e. The molecule has 5 nitrogen and oxygen atoms in total. The van der Waals surface area contributed by atoms with E-state index in [2.05, 4.69) is 0 Å². The molecule has 1 heterocycles. The summed E-state index contributed by atoms with van der Waals surface area (Å²) in [5.74, 6) is -0.696. The average Bonchev–Trinajstić information content (AvgIpc) is 2.78. The number of hydrogen-bond donors (Lipinski definition) is 1. The van der Waals surface area contributed by atoms with Gasteiger partial charge in [-0.05, 0) is 44.4 Å². The van der Waals surface area contributed by atoms with Gasteiger partial charge in [0.05, 0.1) is 5.56 Å². The molecule has 0 spiro atoms. The first-order valence-electron chi connectivity index (χ1n) is 7.78. The minimum atomic E-state index is -0.811. The van der Waals surface area contributed by atoms with Crippen molar-refractivity contribution >= 4 is 11.9 Å². The summed E-state index contributed by atoms with van der Waals surface area (Å²) in [5, 5.41) is 9.64. The Labute approximate surface area is 130 Å². The van der Waals surface area contributed by atoms with E-state index in [0.717, 1.165) is 38.8 Å². The van der Waals surface area contributed by atoms with Crippen LogP contribution in [0.5, 0.6) is 5.75 Å². The van der Waals surface area contributed by atoms with Crippen molar-refractivity contribution in [1.29, 1.82) is 0 Å². The number of amides is 1. The molecule has 22 heavy (non-hydrogen) atoms. The highest BCUT2D eigenvalue weighted by Crippen LogP contribution is 2.19. The molecule has 1 aromatic rings. The molecule has 0 bridgehead atoms. The van der Waals surface area contributed by atoms with Gasteiger partial charge in [-0.1, -0.05) is 18.9 Å². The van der Waals surface area contributed by atoms with Crippen LogP contribution >= 0.6 is 0 Å². The summed E-state index contributed by atoms with van der Waals surface area (Å²) in [6.07, 6.45) is 3.46. The second-order valence-corrected chi connectivity index (χ2v) is 5.79. The van der Waals surface area contributed by atoms with E-state index >= 15 is 0 Å². The number of likely N-dealkylation sites (tertiary alicyclic amines) is 1. The SMILES string of the molecule is Cc1ccc(C(=O)OC(C)C(=O)N2CCCCCC2)cc1O. The van der Waals surface area contributed by atoms with Gasteiger partial charge in [-0.3, -0.25) is 4.79 Å². The highest BCUT2D eigenvalue weighted by Gasteiger charge is 2.25. The van der Waals surface area contributed by atoms with Gasteiger partial charge in [0.2, 0.25) is 0 Å². The Morgan fingerprint density at radius 3 is 2.41 bits per heavy atom. The van der Waals surface area contributed by atoms with Crippen LogP contribution in [-0.4, -0.2) is 41.1 Å². The quantitative estimate of drug-likeness (QED) is 0.872. The van der Waals surface area contributed by atoms with Gasteiger partial charge in [-0.25, -0.2) is 4.79 Å². The van der Waals surface area contributed by atoms with Crippen LogP contribution in [0.2, 0.25) is 0 Å². The van der Waals surface area contributed by atoms with E-state index in [1.165, 1.54) is 6.07 Å². The number of ether oxygens (including phenoxy) is 1.